The Hall–Kier alpha value is -1.10. The molecule has 1 atom stereocenters. The summed E-state index contributed by atoms with van der Waals surface area (Å²) in [6.07, 6.45) is 0.668. The zero-order valence-corrected chi connectivity index (χ0v) is 14.1. The second-order valence-electron chi connectivity index (χ2n) is 5.71. The number of carbonyl (C=O) groups excluding carboxylic acids is 1. The standard InChI is InChI=1S/C15H21ClO3Si/c1-11(19-20(2,3)4)9-14(17)10-15(18)12-5-7-13(16)8-6-12/h5-9,15,18H,10H2,1-4H3/b11-9+. The summed E-state index contributed by atoms with van der Waals surface area (Å²) >= 11 is 5.78. The van der Waals surface area contributed by atoms with Gasteiger partial charge in [0.05, 0.1) is 11.9 Å². The van der Waals surface area contributed by atoms with Gasteiger partial charge in [-0.2, -0.15) is 0 Å². The number of ketones is 1. The van der Waals surface area contributed by atoms with Gasteiger partial charge in [-0.15, -0.1) is 0 Å². The van der Waals surface area contributed by atoms with Crippen molar-refractivity contribution in [1.82, 2.24) is 0 Å². The Bertz CT molecular complexity index is 489. The van der Waals surface area contributed by atoms with Crippen LogP contribution in [0.15, 0.2) is 36.1 Å². The minimum absolute atomic E-state index is 0.0357. The zero-order valence-electron chi connectivity index (χ0n) is 12.3. The second-order valence-corrected chi connectivity index (χ2v) is 10.6. The maximum absolute atomic E-state index is 11.9. The molecular formula is C15H21ClO3Si. The van der Waals surface area contributed by atoms with Crippen LogP contribution in [-0.2, 0) is 9.22 Å². The van der Waals surface area contributed by atoms with Crippen LogP contribution in [0.4, 0.5) is 0 Å². The number of carbonyl (C=O) groups is 1. The molecule has 0 saturated carbocycles. The molecule has 0 bridgehead atoms. The fraction of sp³-hybridized carbons (Fsp3) is 0.400. The van der Waals surface area contributed by atoms with E-state index in [-0.39, 0.29) is 12.2 Å². The number of allylic oxidation sites excluding steroid dienone is 2. The van der Waals surface area contributed by atoms with E-state index < -0.39 is 14.4 Å². The quantitative estimate of drug-likeness (QED) is 0.489. The molecule has 110 valence electrons. The van der Waals surface area contributed by atoms with Crippen molar-refractivity contribution in [2.24, 2.45) is 0 Å². The van der Waals surface area contributed by atoms with E-state index >= 15 is 0 Å². The number of aliphatic hydroxyl groups excluding tert-OH is 1. The third kappa shape index (κ3) is 6.37. The minimum Gasteiger partial charge on any atom is -0.547 e. The predicted octanol–water partition coefficient (Wildman–Crippen LogP) is 4.09. The molecule has 0 aromatic heterocycles. The van der Waals surface area contributed by atoms with E-state index in [1.165, 1.54) is 6.08 Å². The number of halogens is 1. The Morgan fingerprint density at radius 2 is 1.90 bits per heavy atom. The number of aliphatic hydroxyl groups is 1. The Balaban J connectivity index is 2.62. The molecule has 1 rings (SSSR count). The van der Waals surface area contributed by atoms with Crippen LogP contribution >= 0.6 is 11.6 Å². The van der Waals surface area contributed by atoms with E-state index in [1.54, 1.807) is 31.2 Å². The second kappa shape index (κ2) is 7.06. The van der Waals surface area contributed by atoms with Crippen LogP contribution in [0.2, 0.25) is 24.7 Å². The summed E-state index contributed by atoms with van der Waals surface area (Å²) in [5.41, 5.74) is 0.680. The summed E-state index contributed by atoms with van der Waals surface area (Å²) in [5, 5.41) is 10.6. The van der Waals surface area contributed by atoms with Gasteiger partial charge in [-0.25, -0.2) is 0 Å². The van der Waals surface area contributed by atoms with Gasteiger partial charge >= 0.3 is 0 Å². The summed E-state index contributed by atoms with van der Waals surface area (Å²) < 4.78 is 5.69. The number of benzene rings is 1. The summed E-state index contributed by atoms with van der Waals surface area (Å²) in [6.45, 7) is 7.93. The number of rotatable bonds is 6. The third-order valence-corrected chi connectivity index (χ3v) is 3.67. The first-order valence-electron chi connectivity index (χ1n) is 6.51. The first-order valence-corrected chi connectivity index (χ1v) is 10.3. The molecule has 0 aliphatic rings. The van der Waals surface area contributed by atoms with Crippen molar-refractivity contribution in [2.45, 2.75) is 39.1 Å². The van der Waals surface area contributed by atoms with Gasteiger partial charge in [0.15, 0.2) is 5.78 Å². The van der Waals surface area contributed by atoms with Crippen molar-refractivity contribution in [3.05, 3.63) is 46.7 Å². The van der Waals surface area contributed by atoms with Gasteiger partial charge in [-0.3, -0.25) is 4.79 Å². The van der Waals surface area contributed by atoms with Gasteiger partial charge in [-0.05, 0) is 44.3 Å². The Labute approximate surface area is 126 Å². The largest absolute Gasteiger partial charge is 0.547 e. The van der Waals surface area contributed by atoms with Crippen molar-refractivity contribution >= 4 is 25.7 Å². The number of hydrogen-bond acceptors (Lipinski definition) is 3. The van der Waals surface area contributed by atoms with Crippen molar-refractivity contribution in [3.8, 4) is 0 Å². The Morgan fingerprint density at radius 3 is 2.40 bits per heavy atom. The smallest absolute Gasteiger partial charge is 0.241 e. The molecule has 0 fully saturated rings. The maximum atomic E-state index is 11.9. The van der Waals surface area contributed by atoms with E-state index in [9.17, 15) is 9.90 Å². The normalized spacial score (nSPS) is 14.0. The van der Waals surface area contributed by atoms with Gasteiger partial charge in [0.1, 0.15) is 0 Å². The van der Waals surface area contributed by atoms with Gasteiger partial charge in [-0.1, -0.05) is 23.7 Å². The first-order chi connectivity index (χ1) is 9.17. The predicted molar refractivity (Wildman–Crippen MR) is 84.2 cm³/mol. The highest BCUT2D eigenvalue weighted by Crippen LogP contribution is 2.20. The monoisotopic (exact) mass is 312 g/mol. The first kappa shape index (κ1) is 16.9. The summed E-state index contributed by atoms with van der Waals surface area (Å²) in [5.74, 6) is 0.459. The van der Waals surface area contributed by atoms with Crippen molar-refractivity contribution in [2.75, 3.05) is 0 Å². The van der Waals surface area contributed by atoms with Crippen LogP contribution in [-0.4, -0.2) is 19.2 Å². The highest BCUT2D eigenvalue weighted by atomic mass is 35.5. The van der Waals surface area contributed by atoms with Crippen molar-refractivity contribution in [1.29, 1.82) is 0 Å². The molecule has 0 heterocycles. The van der Waals surface area contributed by atoms with Crippen molar-refractivity contribution < 1.29 is 14.3 Å². The summed E-state index contributed by atoms with van der Waals surface area (Å²) in [6, 6.07) is 6.82. The molecule has 5 heteroatoms. The lowest BCUT2D eigenvalue weighted by Crippen LogP contribution is -2.24. The fourth-order valence-corrected chi connectivity index (χ4v) is 2.94. The molecule has 20 heavy (non-hydrogen) atoms. The molecule has 1 aromatic carbocycles. The van der Waals surface area contributed by atoms with Crippen LogP contribution in [0.1, 0.15) is 25.0 Å². The van der Waals surface area contributed by atoms with E-state index in [1.807, 2.05) is 0 Å². The Kier molecular flexibility index (Phi) is 5.99. The van der Waals surface area contributed by atoms with E-state index in [0.29, 0.717) is 16.3 Å². The molecule has 0 amide bonds. The summed E-state index contributed by atoms with van der Waals surface area (Å²) in [4.78, 5) is 11.9. The maximum Gasteiger partial charge on any atom is 0.241 e. The van der Waals surface area contributed by atoms with Crippen LogP contribution in [0.3, 0.4) is 0 Å². The lowest BCUT2D eigenvalue weighted by molar-refractivity contribution is -0.116. The SMILES string of the molecule is C/C(=C\C(=O)CC(O)c1ccc(Cl)cc1)O[Si](C)(C)C. The minimum atomic E-state index is -1.69. The lowest BCUT2D eigenvalue weighted by atomic mass is 10.0. The van der Waals surface area contributed by atoms with Crippen LogP contribution < -0.4 is 0 Å². The van der Waals surface area contributed by atoms with E-state index in [0.717, 1.165) is 0 Å². The third-order valence-electron chi connectivity index (χ3n) is 2.48. The molecule has 0 saturated heterocycles. The molecule has 0 aliphatic heterocycles. The van der Waals surface area contributed by atoms with Crippen LogP contribution in [0, 0.1) is 0 Å². The molecule has 1 unspecified atom stereocenters. The van der Waals surface area contributed by atoms with Gasteiger partial charge in [0, 0.05) is 17.5 Å². The number of hydrogen-bond donors (Lipinski definition) is 1. The molecule has 0 radical (unpaired) electrons. The van der Waals surface area contributed by atoms with Crippen molar-refractivity contribution in [3.63, 3.8) is 0 Å². The molecule has 1 aromatic rings. The zero-order chi connectivity index (χ0) is 15.3. The molecule has 0 aliphatic carbocycles. The average molecular weight is 313 g/mol. The Morgan fingerprint density at radius 1 is 1.35 bits per heavy atom. The van der Waals surface area contributed by atoms with E-state index in [2.05, 4.69) is 19.6 Å². The fourth-order valence-electron chi connectivity index (χ4n) is 1.79. The van der Waals surface area contributed by atoms with Gasteiger partial charge in [0.25, 0.3) is 0 Å². The van der Waals surface area contributed by atoms with Crippen LogP contribution in [0.25, 0.3) is 0 Å². The van der Waals surface area contributed by atoms with Gasteiger partial charge < -0.3 is 9.53 Å². The molecule has 3 nitrogen and oxygen atoms in total. The highest BCUT2D eigenvalue weighted by Gasteiger charge is 2.17. The van der Waals surface area contributed by atoms with Gasteiger partial charge in [0.2, 0.25) is 8.32 Å². The molecule has 0 spiro atoms. The van der Waals surface area contributed by atoms with Crippen LogP contribution in [0.5, 0.6) is 0 Å². The lowest BCUT2D eigenvalue weighted by Gasteiger charge is -2.19. The molecule has 1 N–H and O–H groups in total. The topological polar surface area (TPSA) is 46.5 Å². The summed E-state index contributed by atoms with van der Waals surface area (Å²) in [7, 11) is -1.69. The average Bonchev–Trinajstić information content (AvgIpc) is 2.26. The highest BCUT2D eigenvalue weighted by molar-refractivity contribution is 6.70. The molecular weight excluding hydrogens is 292 g/mol. The van der Waals surface area contributed by atoms with E-state index in [4.69, 9.17) is 16.0 Å².